The zero-order chi connectivity index (χ0) is 19.7. The van der Waals surface area contributed by atoms with Crippen LogP contribution in [-0.2, 0) is 20.7 Å². The van der Waals surface area contributed by atoms with Crippen LogP contribution in [0.5, 0.6) is 0 Å². The first-order chi connectivity index (χ1) is 12.3. The summed E-state index contributed by atoms with van der Waals surface area (Å²) in [5, 5.41) is 0. The molecule has 1 aromatic rings. The lowest BCUT2D eigenvalue weighted by atomic mass is 9.98. The monoisotopic (exact) mass is 360 g/mol. The molecule has 0 aromatic heterocycles. The van der Waals surface area contributed by atoms with E-state index in [-0.39, 0.29) is 23.8 Å². The molecule has 2 N–H and O–H groups in total. The van der Waals surface area contributed by atoms with E-state index in [1.54, 1.807) is 31.9 Å². The van der Waals surface area contributed by atoms with Crippen molar-refractivity contribution < 1.29 is 14.3 Å². The molecule has 0 spiro atoms. The Morgan fingerprint density at radius 2 is 1.85 bits per heavy atom. The standard InChI is InChI=1S/C21H32N2O3/c1-6-26-21(25)16(4)14-19(15(2)3)23(5)20(24)18(22)13-12-17-10-8-7-9-11-17/h7-11,14-15,18-19H,6,12-13,22H2,1-5H3/t18-,19+/m0/s1. The quantitative estimate of drug-likeness (QED) is 0.543. The summed E-state index contributed by atoms with van der Waals surface area (Å²) in [4.78, 5) is 26.3. The zero-order valence-electron chi connectivity index (χ0n) is 16.6. The molecule has 1 rings (SSSR count). The van der Waals surface area contributed by atoms with E-state index in [1.807, 2.05) is 44.2 Å². The van der Waals surface area contributed by atoms with Crippen LogP contribution in [-0.4, -0.2) is 42.5 Å². The van der Waals surface area contributed by atoms with E-state index in [1.165, 1.54) is 0 Å². The Balaban J connectivity index is 2.77. The van der Waals surface area contributed by atoms with E-state index in [2.05, 4.69) is 0 Å². The molecule has 0 saturated heterocycles. The van der Waals surface area contributed by atoms with Gasteiger partial charge in [-0.05, 0) is 38.2 Å². The van der Waals surface area contributed by atoms with Crippen LogP contribution < -0.4 is 5.73 Å². The number of benzene rings is 1. The zero-order valence-corrected chi connectivity index (χ0v) is 16.6. The first-order valence-electron chi connectivity index (χ1n) is 9.19. The molecule has 144 valence electrons. The summed E-state index contributed by atoms with van der Waals surface area (Å²) in [5.41, 5.74) is 7.81. The fourth-order valence-electron chi connectivity index (χ4n) is 2.82. The van der Waals surface area contributed by atoms with Gasteiger partial charge in [-0.3, -0.25) is 4.79 Å². The van der Waals surface area contributed by atoms with Gasteiger partial charge in [-0.15, -0.1) is 0 Å². The molecule has 1 amide bonds. The summed E-state index contributed by atoms with van der Waals surface area (Å²) in [6, 6.07) is 9.20. The SMILES string of the molecule is CCOC(=O)C(C)=C[C@H](C(C)C)N(C)C(=O)[C@@H](N)CCc1ccccc1. The third-order valence-electron chi connectivity index (χ3n) is 4.40. The van der Waals surface area contributed by atoms with Crippen LogP contribution in [0, 0.1) is 5.92 Å². The van der Waals surface area contributed by atoms with Crippen molar-refractivity contribution in [3.05, 3.63) is 47.5 Å². The molecule has 0 aliphatic heterocycles. The number of likely N-dealkylation sites (N-methyl/N-ethyl adjacent to an activating group) is 1. The minimum atomic E-state index is -0.572. The maximum Gasteiger partial charge on any atom is 0.333 e. The van der Waals surface area contributed by atoms with Gasteiger partial charge in [0, 0.05) is 12.6 Å². The molecule has 0 radical (unpaired) electrons. The Labute approximate surface area is 157 Å². The van der Waals surface area contributed by atoms with Crippen LogP contribution in [0.2, 0.25) is 0 Å². The number of amides is 1. The van der Waals surface area contributed by atoms with Gasteiger partial charge in [0.15, 0.2) is 0 Å². The number of carbonyl (C=O) groups excluding carboxylic acids is 2. The minimum Gasteiger partial charge on any atom is -0.463 e. The summed E-state index contributed by atoms with van der Waals surface area (Å²) >= 11 is 0. The molecule has 0 aliphatic rings. The topological polar surface area (TPSA) is 72.6 Å². The van der Waals surface area contributed by atoms with Crippen LogP contribution in [0.4, 0.5) is 0 Å². The summed E-state index contributed by atoms with van der Waals surface area (Å²) in [7, 11) is 1.74. The maximum absolute atomic E-state index is 12.7. The Morgan fingerprint density at radius 3 is 2.38 bits per heavy atom. The van der Waals surface area contributed by atoms with Gasteiger partial charge in [0.05, 0.1) is 18.7 Å². The number of rotatable bonds is 9. The number of esters is 1. The molecular formula is C21H32N2O3. The van der Waals surface area contributed by atoms with E-state index >= 15 is 0 Å². The summed E-state index contributed by atoms with van der Waals surface area (Å²) in [6.07, 6.45) is 3.13. The molecule has 0 heterocycles. The van der Waals surface area contributed by atoms with E-state index in [9.17, 15) is 9.59 Å². The third kappa shape index (κ3) is 6.64. The number of nitrogens with zero attached hydrogens (tertiary/aromatic N) is 1. The average molecular weight is 360 g/mol. The molecule has 5 heteroatoms. The van der Waals surface area contributed by atoms with Crippen molar-refractivity contribution in [2.75, 3.05) is 13.7 Å². The largest absolute Gasteiger partial charge is 0.463 e. The molecule has 26 heavy (non-hydrogen) atoms. The van der Waals surface area contributed by atoms with E-state index in [4.69, 9.17) is 10.5 Å². The van der Waals surface area contributed by atoms with Crippen LogP contribution >= 0.6 is 0 Å². The smallest absolute Gasteiger partial charge is 0.333 e. The molecule has 5 nitrogen and oxygen atoms in total. The van der Waals surface area contributed by atoms with Gasteiger partial charge in [-0.2, -0.15) is 0 Å². The van der Waals surface area contributed by atoms with Crippen molar-refractivity contribution in [3.63, 3.8) is 0 Å². The predicted octanol–water partition coefficient (Wildman–Crippen LogP) is 2.94. The average Bonchev–Trinajstić information content (AvgIpc) is 2.63. The maximum atomic E-state index is 12.7. The Kier molecular flexibility index (Phi) is 9.07. The lowest BCUT2D eigenvalue weighted by Gasteiger charge is -2.31. The molecule has 0 unspecified atom stereocenters. The number of aryl methyl sites for hydroxylation is 1. The Hall–Kier alpha value is -2.14. The van der Waals surface area contributed by atoms with Crippen molar-refractivity contribution >= 4 is 11.9 Å². The van der Waals surface area contributed by atoms with E-state index in [0.29, 0.717) is 18.6 Å². The highest BCUT2D eigenvalue weighted by Crippen LogP contribution is 2.16. The van der Waals surface area contributed by atoms with Gasteiger partial charge in [-0.1, -0.05) is 50.3 Å². The van der Waals surface area contributed by atoms with Gasteiger partial charge in [0.2, 0.25) is 5.91 Å². The van der Waals surface area contributed by atoms with E-state index < -0.39 is 6.04 Å². The molecule has 0 aliphatic carbocycles. The molecule has 1 aromatic carbocycles. The highest BCUT2D eigenvalue weighted by molar-refractivity contribution is 5.88. The summed E-state index contributed by atoms with van der Waals surface area (Å²) in [6.45, 7) is 7.83. The fraction of sp³-hybridized carbons (Fsp3) is 0.524. The van der Waals surface area contributed by atoms with Gasteiger partial charge in [0.25, 0.3) is 0 Å². The van der Waals surface area contributed by atoms with Crippen molar-refractivity contribution in [2.24, 2.45) is 11.7 Å². The lowest BCUT2D eigenvalue weighted by molar-refractivity contribution is -0.139. The molecule has 0 saturated carbocycles. The van der Waals surface area contributed by atoms with Gasteiger partial charge < -0.3 is 15.4 Å². The second-order valence-corrected chi connectivity index (χ2v) is 6.88. The number of hydrogen-bond donors (Lipinski definition) is 1. The number of ether oxygens (including phenoxy) is 1. The van der Waals surface area contributed by atoms with Crippen molar-refractivity contribution in [2.45, 2.75) is 52.6 Å². The normalized spacial score (nSPS) is 14.0. The van der Waals surface area contributed by atoms with E-state index in [0.717, 1.165) is 12.0 Å². The molecule has 2 atom stereocenters. The minimum absolute atomic E-state index is 0.118. The van der Waals surface area contributed by atoms with Gasteiger partial charge >= 0.3 is 5.97 Å². The molecule has 0 fully saturated rings. The number of carbonyl (C=O) groups is 2. The van der Waals surface area contributed by atoms with Crippen molar-refractivity contribution in [3.8, 4) is 0 Å². The first kappa shape index (κ1) is 21.9. The van der Waals surface area contributed by atoms with Crippen molar-refractivity contribution in [1.82, 2.24) is 4.90 Å². The summed E-state index contributed by atoms with van der Waals surface area (Å²) in [5.74, 6) is -0.324. The Bertz CT molecular complexity index is 611. The van der Waals surface area contributed by atoms with Gasteiger partial charge in [-0.25, -0.2) is 4.79 Å². The number of nitrogens with two attached hydrogens (primary N) is 1. The first-order valence-corrected chi connectivity index (χ1v) is 9.19. The lowest BCUT2D eigenvalue weighted by Crippen LogP contribution is -2.48. The third-order valence-corrected chi connectivity index (χ3v) is 4.40. The molecule has 0 bridgehead atoms. The highest BCUT2D eigenvalue weighted by atomic mass is 16.5. The summed E-state index contributed by atoms with van der Waals surface area (Å²) < 4.78 is 5.02. The van der Waals surface area contributed by atoms with Crippen LogP contribution in [0.3, 0.4) is 0 Å². The van der Waals surface area contributed by atoms with Gasteiger partial charge in [0.1, 0.15) is 0 Å². The van der Waals surface area contributed by atoms with Crippen LogP contribution in [0.15, 0.2) is 42.0 Å². The number of hydrogen-bond acceptors (Lipinski definition) is 4. The fourth-order valence-corrected chi connectivity index (χ4v) is 2.82. The molecular weight excluding hydrogens is 328 g/mol. The highest BCUT2D eigenvalue weighted by Gasteiger charge is 2.26. The second kappa shape index (κ2) is 10.8. The Morgan fingerprint density at radius 1 is 1.23 bits per heavy atom. The predicted molar refractivity (Wildman–Crippen MR) is 105 cm³/mol. The second-order valence-electron chi connectivity index (χ2n) is 6.88. The van der Waals surface area contributed by atoms with Crippen LogP contribution in [0.25, 0.3) is 0 Å². The van der Waals surface area contributed by atoms with Crippen molar-refractivity contribution in [1.29, 1.82) is 0 Å². The van der Waals surface area contributed by atoms with Crippen LogP contribution in [0.1, 0.15) is 39.7 Å².